The Bertz CT molecular complexity index is 422. The molecule has 2 aromatic heterocycles. The van der Waals surface area contributed by atoms with Crippen LogP contribution in [0.25, 0.3) is 5.82 Å². The summed E-state index contributed by atoms with van der Waals surface area (Å²) in [6, 6.07) is 6.08. The van der Waals surface area contributed by atoms with Crippen molar-refractivity contribution in [2.24, 2.45) is 0 Å². The van der Waals surface area contributed by atoms with Crippen molar-refractivity contribution in [1.82, 2.24) is 9.55 Å². The summed E-state index contributed by atoms with van der Waals surface area (Å²) in [4.78, 5) is 4.09. The van der Waals surface area contributed by atoms with Gasteiger partial charge >= 0.3 is 0 Å². The van der Waals surface area contributed by atoms with E-state index in [9.17, 15) is 0 Å². The number of hydrogen-bond acceptors (Lipinski definition) is 1. The van der Waals surface area contributed by atoms with E-state index in [0.717, 1.165) is 11.5 Å². The molecule has 0 amide bonds. The lowest BCUT2D eigenvalue weighted by Crippen LogP contribution is -2.25. The lowest BCUT2D eigenvalue weighted by Gasteiger charge is -1.97. The van der Waals surface area contributed by atoms with Crippen molar-refractivity contribution in [2.45, 2.75) is 6.92 Å². The lowest BCUT2D eigenvalue weighted by molar-refractivity contribution is -0.435. The maximum atomic E-state index is 4.09. The molecule has 4 heteroatoms. The first-order valence-corrected chi connectivity index (χ1v) is 4.91. The van der Waals surface area contributed by atoms with Gasteiger partial charge in [0.1, 0.15) is 11.9 Å². The molecule has 13 heavy (non-hydrogen) atoms. The highest BCUT2D eigenvalue weighted by Crippen LogP contribution is 2.05. The standard InChI is InChI=1S/C9H9IN3/c1-8-6-11-7-12(8)9-4-2-3-5-13(9)10/h2-7H,1H3/q+1. The maximum Gasteiger partial charge on any atom is 0.296 e. The molecule has 0 N–H and O–H groups in total. The van der Waals surface area contributed by atoms with Crippen LogP contribution in [-0.4, -0.2) is 9.55 Å². The molecule has 2 aromatic rings. The van der Waals surface area contributed by atoms with Crippen LogP contribution in [0.1, 0.15) is 5.69 Å². The summed E-state index contributed by atoms with van der Waals surface area (Å²) in [7, 11) is 0. The van der Waals surface area contributed by atoms with Crippen LogP contribution in [0.2, 0.25) is 0 Å². The number of imidazole rings is 1. The van der Waals surface area contributed by atoms with Crippen molar-refractivity contribution in [1.29, 1.82) is 0 Å². The van der Waals surface area contributed by atoms with E-state index in [1.807, 2.05) is 45.1 Å². The van der Waals surface area contributed by atoms with E-state index in [1.54, 1.807) is 0 Å². The van der Waals surface area contributed by atoms with E-state index in [-0.39, 0.29) is 0 Å². The van der Waals surface area contributed by atoms with Gasteiger partial charge in [0.15, 0.2) is 6.33 Å². The Kier molecular flexibility index (Phi) is 2.30. The van der Waals surface area contributed by atoms with Crippen LogP contribution in [0, 0.1) is 6.92 Å². The number of rotatable bonds is 1. The Morgan fingerprint density at radius 2 is 2.31 bits per heavy atom. The molecule has 0 fully saturated rings. The van der Waals surface area contributed by atoms with Crippen molar-refractivity contribution in [3.05, 3.63) is 42.6 Å². The smallest absolute Gasteiger partial charge is 0.220 e. The van der Waals surface area contributed by atoms with E-state index >= 15 is 0 Å². The number of halogens is 1. The normalized spacial score (nSPS) is 10.3. The van der Waals surface area contributed by atoms with Gasteiger partial charge in [-0.3, -0.25) is 0 Å². The molecule has 0 aromatic carbocycles. The fourth-order valence-electron chi connectivity index (χ4n) is 1.20. The minimum absolute atomic E-state index is 1.11. The number of hydrogen-bond donors (Lipinski definition) is 0. The predicted molar refractivity (Wildman–Crippen MR) is 57.9 cm³/mol. The summed E-state index contributed by atoms with van der Waals surface area (Å²) in [6.07, 6.45) is 5.68. The van der Waals surface area contributed by atoms with Crippen LogP contribution in [0.15, 0.2) is 36.9 Å². The van der Waals surface area contributed by atoms with Crippen LogP contribution in [0.4, 0.5) is 0 Å². The second-order valence-electron chi connectivity index (χ2n) is 2.78. The van der Waals surface area contributed by atoms with Gasteiger partial charge in [-0.15, -0.1) is 0 Å². The van der Waals surface area contributed by atoms with E-state index in [4.69, 9.17) is 0 Å². The highest BCUT2D eigenvalue weighted by molar-refractivity contribution is 14.1. The maximum absolute atomic E-state index is 4.09. The van der Waals surface area contributed by atoms with E-state index in [2.05, 4.69) is 33.9 Å². The second-order valence-corrected chi connectivity index (χ2v) is 3.81. The Morgan fingerprint density at radius 1 is 1.46 bits per heavy atom. The molecular weight excluding hydrogens is 277 g/mol. The summed E-state index contributed by atoms with van der Waals surface area (Å²) in [5.74, 6) is 1.11. The molecule has 0 aliphatic heterocycles. The first-order chi connectivity index (χ1) is 6.29. The highest BCUT2D eigenvalue weighted by Gasteiger charge is 2.11. The first kappa shape index (κ1) is 8.68. The molecule has 0 bridgehead atoms. The SMILES string of the molecule is Cc1cncn1-c1cccc[n+]1I. The van der Waals surface area contributed by atoms with Gasteiger partial charge in [0.2, 0.25) is 22.9 Å². The van der Waals surface area contributed by atoms with E-state index < -0.39 is 0 Å². The van der Waals surface area contributed by atoms with E-state index in [1.165, 1.54) is 0 Å². The number of pyridine rings is 1. The predicted octanol–water partition coefficient (Wildman–Crippen LogP) is 1.67. The van der Waals surface area contributed by atoms with Gasteiger partial charge in [-0.2, -0.15) is 7.35 Å². The second kappa shape index (κ2) is 3.45. The molecule has 2 rings (SSSR count). The summed E-state index contributed by atoms with van der Waals surface area (Å²) < 4.78 is 4.08. The Balaban J connectivity index is 2.59. The van der Waals surface area contributed by atoms with Gasteiger partial charge in [0.05, 0.1) is 6.20 Å². The Labute approximate surface area is 90.5 Å². The Hall–Kier alpha value is -0.910. The van der Waals surface area contributed by atoms with Crippen molar-refractivity contribution >= 4 is 22.9 Å². The fourth-order valence-corrected chi connectivity index (χ4v) is 1.78. The van der Waals surface area contributed by atoms with Crippen molar-refractivity contribution in [2.75, 3.05) is 0 Å². The van der Waals surface area contributed by atoms with Gasteiger partial charge in [-0.1, -0.05) is 6.07 Å². The molecule has 0 saturated heterocycles. The van der Waals surface area contributed by atoms with Crippen LogP contribution >= 0.6 is 22.9 Å². The number of nitrogens with zero attached hydrogens (tertiary/aromatic N) is 3. The van der Waals surface area contributed by atoms with Gasteiger partial charge < -0.3 is 0 Å². The number of aryl methyl sites for hydroxylation is 1. The third kappa shape index (κ3) is 1.58. The molecule has 0 unspecified atom stereocenters. The van der Waals surface area contributed by atoms with Gasteiger partial charge in [-0.05, 0) is 13.0 Å². The minimum Gasteiger partial charge on any atom is -0.220 e. The average molecular weight is 286 g/mol. The van der Waals surface area contributed by atoms with E-state index in [0.29, 0.717) is 0 Å². The summed E-state index contributed by atoms with van der Waals surface area (Å²) >= 11 is 2.25. The molecule has 0 atom stereocenters. The van der Waals surface area contributed by atoms with Gasteiger partial charge in [-0.25, -0.2) is 4.98 Å². The molecule has 0 spiro atoms. The minimum atomic E-state index is 1.11. The molecule has 66 valence electrons. The third-order valence-corrected chi connectivity index (χ3v) is 2.68. The lowest BCUT2D eigenvalue weighted by atomic mass is 10.4. The summed E-state index contributed by atoms with van der Waals surface area (Å²) in [5.41, 5.74) is 1.14. The molecule has 0 saturated carbocycles. The van der Waals surface area contributed by atoms with Crippen molar-refractivity contribution in [3.8, 4) is 5.82 Å². The first-order valence-electron chi connectivity index (χ1n) is 3.95. The van der Waals surface area contributed by atoms with Gasteiger partial charge in [0.25, 0.3) is 5.82 Å². The Morgan fingerprint density at radius 3 is 2.92 bits per heavy atom. The van der Waals surface area contributed by atoms with Crippen LogP contribution in [0.5, 0.6) is 0 Å². The van der Waals surface area contributed by atoms with Crippen molar-refractivity contribution in [3.63, 3.8) is 0 Å². The van der Waals surface area contributed by atoms with Crippen LogP contribution in [-0.2, 0) is 0 Å². The largest absolute Gasteiger partial charge is 0.296 e. The quantitative estimate of drug-likeness (QED) is 0.731. The summed E-state index contributed by atoms with van der Waals surface area (Å²) in [5, 5.41) is 0. The molecule has 0 radical (unpaired) electrons. The topological polar surface area (TPSA) is 21.7 Å². The van der Waals surface area contributed by atoms with Crippen LogP contribution in [0.3, 0.4) is 0 Å². The molecule has 3 nitrogen and oxygen atoms in total. The number of aromatic nitrogens is 3. The molecule has 2 heterocycles. The monoisotopic (exact) mass is 286 g/mol. The fraction of sp³-hybridized carbons (Fsp3) is 0.111. The third-order valence-electron chi connectivity index (χ3n) is 1.86. The highest BCUT2D eigenvalue weighted by atomic mass is 127. The zero-order chi connectivity index (χ0) is 9.26. The summed E-state index contributed by atoms with van der Waals surface area (Å²) in [6.45, 7) is 2.04. The zero-order valence-electron chi connectivity index (χ0n) is 7.18. The zero-order valence-corrected chi connectivity index (χ0v) is 9.34. The van der Waals surface area contributed by atoms with Crippen molar-refractivity contribution < 1.29 is 2.78 Å². The van der Waals surface area contributed by atoms with Crippen LogP contribution < -0.4 is 2.78 Å². The molecule has 0 aliphatic carbocycles. The van der Waals surface area contributed by atoms with Gasteiger partial charge in [0, 0.05) is 6.07 Å². The molecular formula is C9H9IN3+. The average Bonchev–Trinajstić information content (AvgIpc) is 2.52. The molecule has 0 aliphatic rings.